The SMILES string of the molecule is CCOc1cccc2c1CN(Cc1c(C)cc(C)cc1C)C2(C)C(=O)NS(=O)(=O)c1cccc(N)n1. The summed E-state index contributed by atoms with van der Waals surface area (Å²) in [5.74, 6) is 0.0758. The third-order valence-electron chi connectivity index (χ3n) is 6.82. The third kappa shape index (κ3) is 4.56. The van der Waals surface area contributed by atoms with Crippen LogP contribution in [0.1, 0.15) is 47.2 Å². The fourth-order valence-corrected chi connectivity index (χ4v) is 6.01. The van der Waals surface area contributed by atoms with Crippen molar-refractivity contribution in [2.75, 3.05) is 12.3 Å². The van der Waals surface area contributed by atoms with Gasteiger partial charge in [-0.05, 0) is 75.1 Å². The zero-order valence-electron chi connectivity index (χ0n) is 21.3. The van der Waals surface area contributed by atoms with Crippen LogP contribution in [0, 0.1) is 20.8 Å². The standard InChI is InChI=1S/C27H32N4O4S/c1-6-35-23-10-7-9-22-21(23)16-31(15-20-18(3)13-17(2)14-19(20)4)27(22,5)26(32)30-36(33,34)25-12-8-11-24(28)29-25/h7-14H,6,15-16H2,1-5H3,(H2,28,29)(H,30,32). The number of ether oxygens (including phenoxy) is 1. The average Bonchev–Trinajstić information content (AvgIpc) is 3.10. The number of hydrogen-bond donors (Lipinski definition) is 2. The Kier molecular flexibility index (Phi) is 6.81. The van der Waals surface area contributed by atoms with Crippen molar-refractivity contribution in [3.05, 3.63) is 81.9 Å². The summed E-state index contributed by atoms with van der Waals surface area (Å²) >= 11 is 0. The third-order valence-corrected chi connectivity index (χ3v) is 8.05. The summed E-state index contributed by atoms with van der Waals surface area (Å²) in [6.07, 6.45) is 0. The van der Waals surface area contributed by atoms with Crippen LogP contribution in [0.25, 0.3) is 0 Å². The molecular weight excluding hydrogens is 476 g/mol. The molecule has 0 saturated heterocycles. The summed E-state index contributed by atoms with van der Waals surface area (Å²) in [4.78, 5) is 19.8. The van der Waals surface area contributed by atoms with Crippen molar-refractivity contribution in [1.82, 2.24) is 14.6 Å². The molecular formula is C27H32N4O4S. The molecule has 2 heterocycles. The molecule has 0 fully saturated rings. The van der Waals surface area contributed by atoms with Gasteiger partial charge in [-0.1, -0.05) is 35.9 Å². The van der Waals surface area contributed by atoms with E-state index in [0.29, 0.717) is 31.0 Å². The highest BCUT2D eigenvalue weighted by Gasteiger charge is 2.49. The molecule has 8 nitrogen and oxygen atoms in total. The van der Waals surface area contributed by atoms with Gasteiger partial charge >= 0.3 is 0 Å². The van der Waals surface area contributed by atoms with Gasteiger partial charge in [0.1, 0.15) is 17.1 Å². The van der Waals surface area contributed by atoms with Crippen molar-refractivity contribution in [3.8, 4) is 5.75 Å². The fraction of sp³-hybridized carbons (Fsp3) is 0.333. The molecule has 1 atom stereocenters. The summed E-state index contributed by atoms with van der Waals surface area (Å²) < 4.78 is 34.3. The van der Waals surface area contributed by atoms with Gasteiger partial charge in [0.15, 0.2) is 5.03 Å². The summed E-state index contributed by atoms with van der Waals surface area (Å²) in [5.41, 5.74) is 10.5. The molecule has 1 aromatic heterocycles. The lowest BCUT2D eigenvalue weighted by atomic mass is 9.89. The second-order valence-electron chi connectivity index (χ2n) is 9.36. The highest BCUT2D eigenvalue weighted by atomic mass is 32.2. The molecule has 0 aliphatic carbocycles. The number of aromatic nitrogens is 1. The van der Waals surface area contributed by atoms with E-state index in [9.17, 15) is 13.2 Å². The maximum Gasteiger partial charge on any atom is 0.281 e. The number of anilines is 1. The summed E-state index contributed by atoms with van der Waals surface area (Å²) in [7, 11) is -4.25. The molecule has 3 aromatic rings. The Morgan fingerprint density at radius 2 is 1.81 bits per heavy atom. The van der Waals surface area contributed by atoms with E-state index in [2.05, 4.69) is 42.6 Å². The zero-order chi connectivity index (χ0) is 26.3. The number of rotatable bonds is 7. The topological polar surface area (TPSA) is 115 Å². The normalized spacial score (nSPS) is 17.6. The molecule has 0 bridgehead atoms. The van der Waals surface area contributed by atoms with Gasteiger partial charge in [-0.15, -0.1) is 0 Å². The molecule has 9 heteroatoms. The summed E-state index contributed by atoms with van der Waals surface area (Å²) in [6.45, 7) is 11.2. The van der Waals surface area contributed by atoms with Gasteiger partial charge in [0.25, 0.3) is 15.9 Å². The van der Waals surface area contributed by atoms with E-state index in [1.54, 1.807) is 6.92 Å². The van der Waals surface area contributed by atoms with Crippen molar-refractivity contribution < 1.29 is 17.9 Å². The Morgan fingerprint density at radius 3 is 2.44 bits per heavy atom. The monoisotopic (exact) mass is 508 g/mol. The van der Waals surface area contributed by atoms with Crippen molar-refractivity contribution in [3.63, 3.8) is 0 Å². The molecule has 2 aromatic carbocycles. The molecule has 1 amide bonds. The Hall–Kier alpha value is -3.43. The van der Waals surface area contributed by atoms with E-state index < -0.39 is 21.5 Å². The number of nitrogens with two attached hydrogens (primary N) is 1. The number of benzene rings is 2. The van der Waals surface area contributed by atoms with Crippen LogP contribution >= 0.6 is 0 Å². The Balaban J connectivity index is 1.79. The molecule has 1 unspecified atom stereocenters. The number of hydrogen-bond acceptors (Lipinski definition) is 7. The minimum Gasteiger partial charge on any atom is -0.494 e. The van der Waals surface area contributed by atoms with Crippen molar-refractivity contribution in [2.45, 2.75) is 58.3 Å². The Bertz CT molecular complexity index is 1410. The van der Waals surface area contributed by atoms with E-state index in [4.69, 9.17) is 10.5 Å². The smallest absolute Gasteiger partial charge is 0.281 e. The first kappa shape index (κ1) is 25.7. The number of pyridine rings is 1. The van der Waals surface area contributed by atoms with Crippen molar-refractivity contribution >= 4 is 21.7 Å². The number of nitrogens with zero attached hydrogens (tertiary/aromatic N) is 2. The molecule has 3 N–H and O–H groups in total. The molecule has 4 rings (SSSR count). The number of sulfonamides is 1. The van der Waals surface area contributed by atoms with Crippen LogP contribution in [0.5, 0.6) is 5.75 Å². The second-order valence-corrected chi connectivity index (χ2v) is 11.0. The molecule has 0 spiro atoms. The number of carbonyl (C=O) groups excluding carboxylic acids is 1. The quantitative estimate of drug-likeness (QED) is 0.500. The van der Waals surface area contributed by atoms with Crippen LogP contribution in [0.2, 0.25) is 0 Å². The van der Waals surface area contributed by atoms with Crippen LogP contribution in [0.4, 0.5) is 5.82 Å². The molecule has 36 heavy (non-hydrogen) atoms. The number of carbonyl (C=O) groups is 1. The van der Waals surface area contributed by atoms with E-state index in [1.165, 1.54) is 23.8 Å². The number of amides is 1. The number of nitrogens with one attached hydrogen (secondary N) is 1. The number of aryl methyl sites for hydroxylation is 3. The molecule has 0 radical (unpaired) electrons. The first-order valence-corrected chi connectivity index (χ1v) is 13.3. The predicted octanol–water partition coefficient (Wildman–Crippen LogP) is 3.72. The van der Waals surface area contributed by atoms with Crippen LogP contribution in [0.3, 0.4) is 0 Å². The maximum atomic E-state index is 13.9. The molecule has 1 aliphatic heterocycles. The second kappa shape index (κ2) is 9.55. The van der Waals surface area contributed by atoms with E-state index >= 15 is 0 Å². The number of nitrogen functional groups attached to an aromatic ring is 1. The predicted molar refractivity (Wildman–Crippen MR) is 139 cm³/mol. The lowest BCUT2D eigenvalue weighted by molar-refractivity contribution is -0.131. The first-order valence-electron chi connectivity index (χ1n) is 11.8. The molecule has 0 saturated carbocycles. The minimum atomic E-state index is -4.25. The molecule has 190 valence electrons. The zero-order valence-corrected chi connectivity index (χ0v) is 22.1. The largest absolute Gasteiger partial charge is 0.494 e. The van der Waals surface area contributed by atoms with Crippen LogP contribution in [0.15, 0.2) is 53.6 Å². The summed E-state index contributed by atoms with van der Waals surface area (Å²) in [6, 6.07) is 14.1. The average molecular weight is 509 g/mol. The Labute approximate surface area is 212 Å². The Morgan fingerprint density at radius 1 is 1.14 bits per heavy atom. The highest BCUT2D eigenvalue weighted by molar-refractivity contribution is 7.90. The van der Waals surface area contributed by atoms with E-state index in [-0.39, 0.29) is 10.8 Å². The minimum absolute atomic E-state index is 0.0519. The van der Waals surface area contributed by atoms with Gasteiger partial charge in [0.05, 0.1) is 6.61 Å². The lowest BCUT2D eigenvalue weighted by Gasteiger charge is -2.35. The van der Waals surface area contributed by atoms with E-state index in [1.807, 2.05) is 30.0 Å². The van der Waals surface area contributed by atoms with Gasteiger partial charge < -0.3 is 10.5 Å². The summed E-state index contributed by atoms with van der Waals surface area (Å²) in [5, 5.41) is -0.308. The van der Waals surface area contributed by atoms with Crippen LogP contribution in [-0.2, 0) is 33.4 Å². The first-order chi connectivity index (χ1) is 17.0. The van der Waals surface area contributed by atoms with Gasteiger partial charge in [-0.2, -0.15) is 8.42 Å². The van der Waals surface area contributed by atoms with Crippen molar-refractivity contribution in [2.24, 2.45) is 0 Å². The van der Waals surface area contributed by atoms with Gasteiger partial charge in [0.2, 0.25) is 0 Å². The van der Waals surface area contributed by atoms with Crippen LogP contribution in [-0.4, -0.2) is 30.8 Å². The van der Waals surface area contributed by atoms with Crippen LogP contribution < -0.4 is 15.2 Å². The van der Waals surface area contributed by atoms with Gasteiger partial charge in [0, 0.05) is 18.7 Å². The number of fused-ring (bicyclic) bond motifs is 1. The van der Waals surface area contributed by atoms with Gasteiger partial charge in [-0.3, -0.25) is 9.69 Å². The van der Waals surface area contributed by atoms with Gasteiger partial charge in [-0.25, -0.2) is 9.71 Å². The molecule has 1 aliphatic rings. The lowest BCUT2D eigenvalue weighted by Crippen LogP contribution is -2.52. The van der Waals surface area contributed by atoms with Crippen molar-refractivity contribution in [1.29, 1.82) is 0 Å². The maximum absolute atomic E-state index is 13.9. The highest BCUT2D eigenvalue weighted by Crippen LogP contribution is 2.44. The fourth-order valence-electron chi connectivity index (χ4n) is 4.98. The van der Waals surface area contributed by atoms with E-state index in [0.717, 1.165) is 22.3 Å².